The number of H-pyrrole nitrogens is 1. The molecule has 0 spiro atoms. The van der Waals surface area contributed by atoms with Gasteiger partial charge in [0.15, 0.2) is 5.82 Å². The third kappa shape index (κ3) is 3.70. The maximum atomic E-state index is 13.0. The van der Waals surface area contributed by atoms with Crippen LogP contribution in [0, 0.1) is 13.8 Å². The van der Waals surface area contributed by atoms with Gasteiger partial charge in [-0.3, -0.25) is 9.59 Å². The van der Waals surface area contributed by atoms with Gasteiger partial charge in [0, 0.05) is 25.8 Å². The van der Waals surface area contributed by atoms with Gasteiger partial charge in [-0.25, -0.2) is 0 Å². The first-order valence-electron chi connectivity index (χ1n) is 8.84. The SMILES string of the molecule is COCCc1noc([C@H]2CCCCN2C(=O)c2cc(C)c(C)[nH]c2=O)n1. The Bertz CT molecular complexity index is 842. The second kappa shape index (κ2) is 7.82. The minimum atomic E-state index is -0.367. The zero-order valence-corrected chi connectivity index (χ0v) is 15.4. The molecule has 8 nitrogen and oxygen atoms in total. The van der Waals surface area contributed by atoms with E-state index in [-0.39, 0.29) is 23.1 Å². The van der Waals surface area contributed by atoms with Crippen LogP contribution in [0.2, 0.25) is 0 Å². The molecule has 0 radical (unpaired) electrons. The third-order valence-corrected chi connectivity index (χ3v) is 4.79. The first-order chi connectivity index (χ1) is 12.5. The molecule has 26 heavy (non-hydrogen) atoms. The molecule has 1 saturated heterocycles. The Kier molecular flexibility index (Phi) is 5.51. The molecule has 3 heterocycles. The molecule has 0 saturated carbocycles. The lowest BCUT2D eigenvalue weighted by atomic mass is 10.0. The van der Waals surface area contributed by atoms with Crippen LogP contribution in [0.3, 0.4) is 0 Å². The number of hydrogen-bond acceptors (Lipinski definition) is 6. The number of methoxy groups -OCH3 is 1. The van der Waals surface area contributed by atoms with E-state index < -0.39 is 0 Å². The van der Waals surface area contributed by atoms with Gasteiger partial charge in [0.25, 0.3) is 11.5 Å². The number of nitrogens with zero attached hydrogens (tertiary/aromatic N) is 3. The van der Waals surface area contributed by atoms with Gasteiger partial charge in [0.2, 0.25) is 5.89 Å². The van der Waals surface area contributed by atoms with Crippen LogP contribution in [0.25, 0.3) is 0 Å². The van der Waals surface area contributed by atoms with Gasteiger partial charge in [0.05, 0.1) is 6.61 Å². The fourth-order valence-electron chi connectivity index (χ4n) is 3.17. The smallest absolute Gasteiger partial charge is 0.261 e. The minimum absolute atomic E-state index is 0.152. The van der Waals surface area contributed by atoms with Crippen molar-refractivity contribution in [2.45, 2.75) is 45.6 Å². The first-order valence-corrected chi connectivity index (χ1v) is 8.84. The van der Waals surface area contributed by atoms with E-state index in [0.717, 1.165) is 30.5 Å². The van der Waals surface area contributed by atoms with E-state index in [1.165, 1.54) is 0 Å². The van der Waals surface area contributed by atoms with Crippen molar-refractivity contribution in [1.29, 1.82) is 0 Å². The molecule has 0 bridgehead atoms. The molecule has 0 aliphatic carbocycles. The van der Waals surface area contributed by atoms with Gasteiger partial charge in [0.1, 0.15) is 11.6 Å². The highest BCUT2D eigenvalue weighted by atomic mass is 16.5. The van der Waals surface area contributed by atoms with Gasteiger partial charge >= 0.3 is 0 Å². The number of piperidine rings is 1. The summed E-state index contributed by atoms with van der Waals surface area (Å²) in [4.78, 5) is 34.1. The van der Waals surface area contributed by atoms with E-state index in [2.05, 4.69) is 15.1 Å². The summed E-state index contributed by atoms with van der Waals surface area (Å²) in [7, 11) is 1.61. The van der Waals surface area contributed by atoms with Gasteiger partial charge in [-0.15, -0.1) is 0 Å². The lowest BCUT2D eigenvalue weighted by molar-refractivity contribution is 0.0559. The highest BCUT2D eigenvalue weighted by molar-refractivity contribution is 5.94. The minimum Gasteiger partial charge on any atom is -0.384 e. The second-order valence-corrected chi connectivity index (χ2v) is 6.62. The summed E-state index contributed by atoms with van der Waals surface area (Å²) in [5, 5.41) is 3.97. The Morgan fingerprint density at radius 3 is 3.00 bits per heavy atom. The lowest BCUT2D eigenvalue weighted by Gasteiger charge is -2.33. The van der Waals surface area contributed by atoms with E-state index in [9.17, 15) is 9.59 Å². The molecule has 1 aliphatic rings. The molecule has 1 N–H and O–H groups in total. The molecule has 2 aromatic heterocycles. The summed E-state index contributed by atoms with van der Waals surface area (Å²) >= 11 is 0. The van der Waals surface area contributed by atoms with Crippen LogP contribution in [0.4, 0.5) is 0 Å². The monoisotopic (exact) mass is 360 g/mol. The number of aromatic amines is 1. The van der Waals surface area contributed by atoms with Crippen LogP contribution >= 0.6 is 0 Å². The van der Waals surface area contributed by atoms with E-state index >= 15 is 0 Å². The van der Waals surface area contributed by atoms with E-state index in [0.29, 0.717) is 31.3 Å². The molecule has 2 aromatic rings. The van der Waals surface area contributed by atoms with Crippen molar-refractivity contribution < 1.29 is 14.1 Å². The van der Waals surface area contributed by atoms with Crippen molar-refractivity contribution in [2.75, 3.05) is 20.3 Å². The quantitative estimate of drug-likeness (QED) is 0.874. The highest BCUT2D eigenvalue weighted by Gasteiger charge is 2.33. The lowest BCUT2D eigenvalue weighted by Crippen LogP contribution is -2.41. The Hall–Kier alpha value is -2.48. The zero-order valence-electron chi connectivity index (χ0n) is 15.4. The second-order valence-electron chi connectivity index (χ2n) is 6.62. The Morgan fingerprint density at radius 2 is 2.23 bits per heavy atom. The van der Waals surface area contributed by atoms with Gasteiger partial charge in [-0.2, -0.15) is 4.98 Å². The fraction of sp³-hybridized carbons (Fsp3) is 0.556. The molecule has 3 rings (SSSR count). The molecule has 1 aliphatic heterocycles. The molecule has 1 amide bonds. The van der Waals surface area contributed by atoms with Crippen LogP contribution in [-0.2, 0) is 11.2 Å². The number of pyridine rings is 1. The zero-order chi connectivity index (χ0) is 18.7. The number of ether oxygens (including phenoxy) is 1. The maximum Gasteiger partial charge on any atom is 0.261 e. The molecule has 140 valence electrons. The normalized spacial score (nSPS) is 17.5. The Balaban J connectivity index is 1.87. The van der Waals surface area contributed by atoms with Gasteiger partial charge < -0.3 is 19.1 Å². The van der Waals surface area contributed by atoms with Crippen LogP contribution < -0.4 is 5.56 Å². The van der Waals surface area contributed by atoms with Crippen LogP contribution in [0.15, 0.2) is 15.4 Å². The largest absolute Gasteiger partial charge is 0.384 e. The Labute approximate surface area is 151 Å². The molecule has 0 unspecified atom stereocenters. The summed E-state index contributed by atoms with van der Waals surface area (Å²) < 4.78 is 10.4. The van der Waals surface area contributed by atoms with Gasteiger partial charge in [-0.05, 0) is 44.7 Å². The predicted molar refractivity (Wildman–Crippen MR) is 94.0 cm³/mol. The number of amides is 1. The Morgan fingerprint density at radius 1 is 1.42 bits per heavy atom. The molecular weight excluding hydrogens is 336 g/mol. The van der Waals surface area contributed by atoms with Gasteiger partial charge in [-0.1, -0.05) is 5.16 Å². The number of aromatic nitrogens is 3. The third-order valence-electron chi connectivity index (χ3n) is 4.79. The number of carbonyl (C=O) groups excluding carboxylic acids is 1. The average Bonchev–Trinajstić information content (AvgIpc) is 3.11. The average molecular weight is 360 g/mol. The number of hydrogen-bond donors (Lipinski definition) is 1. The molecule has 1 atom stereocenters. The van der Waals surface area contributed by atoms with Crippen LogP contribution in [0.5, 0.6) is 0 Å². The van der Waals surface area contributed by atoms with Crippen molar-refractivity contribution in [3.05, 3.63) is 45.0 Å². The summed E-state index contributed by atoms with van der Waals surface area (Å²) in [5.41, 5.74) is 1.43. The number of rotatable bonds is 5. The van der Waals surface area contributed by atoms with E-state index in [4.69, 9.17) is 9.26 Å². The standard InChI is InChI=1S/C18H24N4O4/c1-11-10-13(16(23)19-12(11)2)18(24)22-8-5-4-6-14(22)17-20-15(21-26-17)7-9-25-3/h10,14H,4-9H2,1-3H3,(H,19,23)/t14-/m1/s1. The topological polar surface area (TPSA) is 101 Å². The summed E-state index contributed by atoms with van der Waals surface area (Å²) in [5.74, 6) is 0.684. The van der Waals surface area contributed by atoms with Crippen LogP contribution in [0.1, 0.15) is 58.6 Å². The highest BCUT2D eigenvalue weighted by Crippen LogP contribution is 2.31. The number of nitrogens with one attached hydrogen (secondary N) is 1. The van der Waals surface area contributed by atoms with E-state index in [1.54, 1.807) is 18.1 Å². The van der Waals surface area contributed by atoms with Crippen molar-refractivity contribution >= 4 is 5.91 Å². The summed E-state index contributed by atoms with van der Waals surface area (Å²) in [6.45, 7) is 4.75. The molecule has 8 heteroatoms. The van der Waals surface area contributed by atoms with Crippen molar-refractivity contribution in [2.24, 2.45) is 0 Å². The molecule has 0 aromatic carbocycles. The molecular formula is C18H24N4O4. The van der Waals surface area contributed by atoms with E-state index in [1.807, 2.05) is 13.8 Å². The predicted octanol–water partition coefficient (Wildman–Crippen LogP) is 1.93. The number of likely N-dealkylation sites (tertiary alicyclic amines) is 1. The maximum absolute atomic E-state index is 13.0. The molecule has 1 fully saturated rings. The number of aryl methyl sites for hydroxylation is 2. The van der Waals surface area contributed by atoms with Crippen molar-refractivity contribution in [3.63, 3.8) is 0 Å². The number of carbonyl (C=O) groups is 1. The summed E-state index contributed by atoms with van der Waals surface area (Å²) in [6.07, 6.45) is 3.14. The van der Waals surface area contributed by atoms with Crippen molar-refractivity contribution in [1.82, 2.24) is 20.0 Å². The van der Waals surface area contributed by atoms with Crippen LogP contribution in [-0.4, -0.2) is 46.2 Å². The van der Waals surface area contributed by atoms with Crippen molar-refractivity contribution in [3.8, 4) is 0 Å². The first kappa shape index (κ1) is 18.3. The fourth-order valence-corrected chi connectivity index (χ4v) is 3.17. The summed E-state index contributed by atoms with van der Waals surface area (Å²) in [6, 6.07) is 1.35.